The first-order valence-electron chi connectivity index (χ1n) is 9.64. The van der Waals surface area contributed by atoms with Crippen LogP contribution in [0.15, 0.2) is 48.0 Å². The molecule has 0 radical (unpaired) electrons. The summed E-state index contributed by atoms with van der Waals surface area (Å²) in [6.45, 7) is 1.58. The molecule has 2 fully saturated rings. The van der Waals surface area contributed by atoms with Gasteiger partial charge in [0, 0.05) is 13.1 Å². The summed E-state index contributed by atoms with van der Waals surface area (Å²) >= 11 is 5.12. The lowest BCUT2D eigenvalue weighted by Crippen LogP contribution is -2.54. The van der Waals surface area contributed by atoms with Crippen LogP contribution in [0.5, 0.6) is 0 Å². The smallest absolute Gasteiger partial charge is 0.335 e. The summed E-state index contributed by atoms with van der Waals surface area (Å²) in [5, 5.41) is 11.5. The molecule has 2 aliphatic heterocycles. The fourth-order valence-corrected chi connectivity index (χ4v) is 3.95. The molecule has 0 unspecified atom stereocenters. The zero-order valence-electron chi connectivity index (χ0n) is 16.3. The molecular weight excluding hydrogens is 421 g/mol. The van der Waals surface area contributed by atoms with E-state index in [4.69, 9.17) is 12.2 Å². The SMILES string of the molecule is O=C1NC(=S)N(c2cccc(C(=O)O)c2)C(=O)C1=Cc1ccc(N2CCCC2)c(F)c1. The lowest BCUT2D eigenvalue weighted by Gasteiger charge is -2.29. The third-order valence-electron chi connectivity index (χ3n) is 5.18. The summed E-state index contributed by atoms with van der Waals surface area (Å²) in [6, 6.07) is 10.2. The monoisotopic (exact) mass is 439 g/mol. The molecule has 31 heavy (non-hydrogen) atoms. The second kappa shape index (κ2) is 8.27. The molecule has 2 aromatic rings. The minimum absolute atomic E-state index is 0.0323. The zero-order chi connectivity index (χ0) is 22.1. The molecule has 158 valence electrons. The first-order chi connectivity index (χ1) is 14.8. The van der Waals surface area contributed by atoms with Crippen molar-refractivity contribution in [1.82, 2.24) is 5.32 Å². The molecule has 2 heterocycles. The Morgan fingerprint density at radius 1 is 1.13 bits per heavy atom. The van der Waals surface area contributed by atoms with E-state index in [0.29, 0.717) is 11.3 Å². The van der Waals surface area contributed by atoms with E-state index in [2.05, 4.69) is 5.32 Å². The Balaban J connectivity index is 1.67. The Labute approximate surface area is 182 Å². The summed E-state index contributed by atoms with van der Waals surface area (Å²) in [4.78, 5) is 39.7. The Bertz CT molecular complexity index is 1140. The van der Waals surface area contributed by atoms with E-state index in [9.17, 15) is 23.9 Å². The summed E-state index contributed by atoms with van der Waals surface area (Å²) < 4.78 is 14.6. The zero-order valence-corrected chi connectivity index (χ0v) is 17.1. The molecule has 2 aliphatic rings. The van der Waals surface area contributed by atoms with E-state index in [-0.39, 0.29) is 21.9 Å². The van der Waals surface area contributed by atoms with Gasteiger partial charge in [-0.3, -0.25) is 19.8 Å². The highest BCUT2D eigenvalue weighted by Crippen LogP contribution is 2.27. The van der Waals surface area contributed by atoms with Gasteiger partial charge in [0.1, 0.15) is 11.4 Å². The number of anilines is 2. The van der Waals surface area contributed by atoms with Gasteiger partial charge in [0.25, 0.3) is 11.8 Å². The molecule has 0 spiro atoms. The van der Waals surface area contributed by atoms with Crippen LogP contribution in [0, 0.1) is 5.82 Å². The van der Waals surface area contributed by atoms with Crippen LogP contribution in [0.25, 0.3) is 6.08 Å². The Hall–Kier alpha value is -3.59. The van der Waals surface area contributed by atoms with Gasteiger partial charge >= 0.3 is 5.97 Å². The van der Waals surface area contributed by atoms with Crippen molar-refractivity contribution in [3.8, 4) is 0 Å². The number of carbonyl (C=O) groups excluding carboxylic acids is 2. The number of hydrogen-bond donors (Lipinski definition) is 2. The molecule has 2 amide bonds. The molecule has 4 rings (SSSR count). The molecule has 9 heteroatoms. The number of carboxylic acids is 1. The third kappa shape index (κ3) is 4.04. The quantitative estimate of drug-likeness (QED) is 0.433. The lowest BCUT2D eigenvalue weighted by molar-refractivity contribution is -0.122. The normalized spacial score (nSPS) is 18.0. The Morgan fingerprint density at radius 2 is 1.87 bits per heavy atom. The Kier molecular flexibility index (Phi) is 5.51. The predicted molar refractivity (Wildman–Crippen MR) is 117 cm³/mol. The number of carboxylic acid groups (broad SMARTS) is 1. The lowest BCUT2D eigenvalue weighted by atomic mass is 10.1. The third-order valence-corrected chi connectivity index (χ3v) is 5.47. The number of thiocarbonyl (C=S) groups is 1. The van der Waals surface area contributed by atoms with Crippen LogP contribution in [-0.2, 0) is 9.59 Å². The molecule has 0 saturated carbocycles. The van der Waals surface area contributed by atoms with Crippen LogP contribution in [0.2, 0.25) is 0 Å². The number of hydrogen-bond acceptors (Lipinski definition) is 5. The van der Waals surface area contributed by atoms with Crippen molar-refractivity contribution in [2.45, 2.75) is 12.8 Å². The number of aromatic carboxylic acids is 1. The summed E-state index contributed by atoms with van der Waals surface area (Å²) in [7, 11) is 0. The molecule has 0 aliphatic carbocycles. The van der Waals surface area contributed by atoms with Crippen LogP contribution in [0.1, 0.15) is 28.8 Å². The minimum Gasteiger partial charge on any atom is -0.478 e. The molecule has 0 atom stereocenters. The van der Waals surface area contributed by atoms with Gasteiger partial charge in [-0.1, -0.05) is 12.1 Å². The molecule has 0 bridgehead atoms. The van der Waals surface area contributed by atoms with Gasteiger partial charge in [-0.25, -0.2) is 9.18 Å². The Morgan fingerprint density at radius 3 is 2.55 bits per heavy atom. The average molecular weight is 439 g/mol. The van der Waals surface area contributed by atoms with E-state index in [0.717, 1.165) is 30.8 Å². The fraction of sp³-hybridized carbons (Fsp3) is 0.182. The van der Waals surface area contributed by atoms with Crippen LogP contribution in [0.3, 0.4) is 0 Å². The maximum Gasteiger partial charge on any atom is 0.335 e. The van der Waals surface area contributed by atoms with Gasteiger partial charge in [0.2, 0.25) is 0 Å². The topological polar surface area (TPSA) is 90.0 Å². The number of benzene rings is 2. The maximum absolute atomic E-state index is 14.6. The predicted octanol–water partition coefficient (Wildman–Crippen LogP) is 2.96. The van der Waals surface area contributed by atoms with Gasteiger partial charge in [-0.15, -0.1) is 0 Å². The highest BCUT2D eigenvalue weighted by atomic mass is 32.1. The second-order valence-electron chi connectivity index (χ2n) is 7.22. The van der Waals surface area contributed by atoms with E-state index >= 15 is 0 Å². The number of halogens is 1. The first-order valence-corrected chi connectivity index (χ1v) is 10.1. The van der Waals surface area contributed by atoms with E-state index in [1.54, 1.807) is 12.1 Å². The largest absolute Gasteiger partial charge is 0.478 e. The fourth-order valence-electron chi connectivity index (χ4n) is 3.66. The number of rotatable bonds is 4. The molecular formula is C22H18FN3O4S. The van der Waals surface area contributed by atoms with Crippen molar-refractivity contribution < 1.29 is 23.9 Å². The molecule has 2 aromatic carbocycles. The molecule has 2 N–H and O–H groups in total. The van der Waals surface area contributed by atoms with Crippen LogP contribution < -0.4 is 15.1 Å². The summed E-state index contributed by atoms with van der Waals surface area (Å²) in [6.07, 6.45) is 3.32. The van der Waals surface area contributed by atoms with E-state index in [1.165, 1.54) is 36.4 Å². The second-order valence-corrected chi connectivity index (χ2v) is 7.61. The van der Waals surface area contributed by atoms with Gasteiger partial charge in [0.15, 0.2) is 5.11 Å². The van der Waals surface area contributed by atoms with Crippen molar-refractivity contribution in [3.05, 3.63) is 65.0 Å². The average Bonchev–Trinajstić information content (AvgIpc) is 3.26. The van der Waals surface area contributed by atoms with Gasteiger partial charge in [-0.05, 0) is 67.0 Å². The van der Waals surface area contributed by atoms with E-state index in [1.807, 2.05) is 4.90 Å². The highest BCUT2D eigenvalue weighted by molar-refractivity contribution is 7.80. The number of amides is 2. The van der Waals surface area contributed by atoms with Crippen molar-refractivity contribution in [2.24, 2.45) is 0 Å². The van der Waals surface area contributed by atoms with Crippen LogP contribution in [-0.4, -0.2) is 41.1 Å². The van der Waals surface area contributed by atoms with Crippen molar-refractivity contribution in [2.75, 3.05) is 22.9 Å². The van der Waals surface area contributed by atoms with Crippen LogP contribution >= 0.6 is 12.2 Å². The maximum atomic E-state index is 14.6. The molecule has 0 aromatic heterocycles. The van der Waals surface area contributed by atoms with Gasteiger partial charge in [-0.2, -0.15) is 0 Å². The van der Waals surface area contributed by atoms with E-state index < -0.39 is 23.6 Å². The first kappa shape index (κ1) is 20.7. The highest BCUT2D eigenvalue weighted by Gasteiger charge is 2.34. The van der Waals surface area contributed by atoms with Crippen molar-refractivity contribution >= 4 is 52.6 Å². The van der Waals surface area contributed by atoms with Gasteiger partial charge in [0.05, 0.1) is 16.9 Å². The van der Waals surface area contributed by atoms with Crippen molar-refractivity contribution in [1.29, 1.82) is 0 Å². The number of carbonyl (C=O) groups is 3. The summed E-state index contributed by atoms with van der Waals surface area (Å²) in [5.41, 5.74) is 0.785. The van der Waals surface area contributed by atoms with Gasteiger partial charge < -0.3 is 10.0 Å². The minimum atomic E-state index is -1.16. The summed E-state index contributed by atoms with van der Waals surface area (Å²) in [5.74, 6) is -3.02. The van der Waals surface area contributed by atoms with Crippen LogP contribution in [0.4, 0.5) is 15.8 Å². The standard InChI is InChI=1S/C22H18FN3O4S/c23-17-11-13(6-7-18(17)25-8-1-2-9-25)10-16-19(27)24-22(31)26(20(16)28)15-5-3-4-14(12-15)21(29)30/h3-7,10-12H,1-2,8-9H2,(H,29,30)(H,24,27,31). The molecule has 2 saturated heterocycles. The van der Waals surface area contributed by atoms with Crippen molar-refractivity contribution in [3.63, 3.8) is 0 Å². The molecule has 7 nitrogen and oxygen atoms in total. The number of nitrogens with one attached hydrogen (secondary N) is 1. The number of nitrogens with zero attached hydrogens (tertiary/aromatic N) is 2.